The Kier molecular flexibility index (Phi) is 14.5. The number of aromatic nitrogens is 1. The first-order chi connectivity index (χ1) is 25.7. The number of quaternary nitrogens is 1. The number of unbranched alkanes of at least 4 members (excludes halogenated alkanes) is 5. The number of nitrogens with zero attached hydrogens (tertiary/aromatic N) is 4. The fourth-order valence-corrected chi connectivity index (χ4v) is 7.61. The maximum absolute atomic E-state index is 14.2. The third-order valence-corrected chi connectivity index (χ3v) is 10.8. The Balaban J connectivity index is 0.00000561. The molecule has 4 heterocycles. The Morgan fingerprint density at radius 1 is 0.796 bits per heavy atom. The highest BCUT2D eigenvalue weighted by Gasteiger charge is 2.37. The van der Waals surface area contributed by atoms with Gasteiger partial charge in [0.1, 0.15) is 34.4 Å². The number of rotatable bonds is 18. The van der Waals surface area contributed by atoms with Gasteiger partial charge >= 0.3 is 0 Å². The SMILES string of the molecule is CCCCOc1cc(OC)cc(-n2cc(C(=O)N(CC)c3cc(F)cc(F)c3)c(=O)c3ccc(OCCCCCCC[N+]45CCN(CC4)CC5)cc32)c1.[Br-]. The minimum Gasteiger partial charge on any atom is -1.00 e. The molecule has 0 N–H and O–H groups in total. The zero-order valence-corrected chi connectivity index (χ0v) is 33.3. The molecule has 292 valence electrons. The molecule has 0 spiro atoms. The molecular weight excluding hydrogens is 758 g/mol. The zero-order valence-electron chi connectivity index (χ0n) is 31.8. The first-order valence-corrected chi connectivity index (χ1v) is 19.2. The molecule has 7 rings (SSSR count). The van der Waals surface area contributed by atoms with E-state index in [-0.39, 0.29) is 34.8 Å². The summed E-state index contributed by atoms with van der Waals surface area (Å²) < 4.78 is 49.4. The molecular formula is C42H53BrF2N4O5. The number of ether oxygens (including phenoxy) is 3. The molecule has 3 aromatic carbocycles. The molecule has 0 atom stereocenters. The summed E-state index contributed by atoms with van der Waals surface area (Å²) in [5, 5.41) is 0.294. The minimum atomic E-state index is -0.819. The highest BCUT2D eigenvalue weighted by molar-refractivity contribution is 6.07. The molecule has 4 aromatic rings. The van der Waals surface area contributed by atoms with Crippen molar-refractivity contribution in [2.24, 2.45) is 0 Å². The number of amides is 1. The van der Waals surface area contributed by atoms with Gasteiger partial charge in [-0.2, -0.15) is 0 Å². The highest BCUT2D eigenvalue weighted by atomic mass is 79.9. The molecule has 12 heteroatoms. The summed E-state index contributed by atoms with van der Waals surface area (Å²) in [4.78, 5) is 31.9. The second kappa shape index (κ2) is 19.0. The van der Waals surface area contributed by atoms with E-state index in [1.807, 2.05) is 12.1 Å². The summed E-state index contributed by atoms with van der Waals surface area (Å²) in [6.07, 6.45) is 9.03. The lowest BCUT2D eigenvalue weighted by Gasteiger charge is -2.50. The molecule has 3 aliphatic heterocycles. The number of pyridine rings is 1. The number of carbonyl (C=O) groups is 1. The van der Waals surface area contributed by atoms with Crippen LogP contribution in [0, 0.1) is 11.6 Å². The van der Waals surface area contributed by atoms with E-state index in [2.05, 4.69) is 11.8 Å². The Morgan fingerprint density at radius 3 is 2.13 bits per heavy atom. The third kappa shape index (κ3) is 9.80. The maximum atomic E-state index is 14.2. The number of anilines is 1. The van der Waals surface area contributed by atoms with Crippen molar-refractivity contribution in [3.05, 3.63) is 88.2 Å². The van der Waals surface area contributed by atoms with Gasteiger partial charge in [0.2, 0.25) is 5.43 Å². The lowest BCUT2D eigenvalue weighted by molar-refractivity contribution is -0.941. The standard InChI is InChI=1S/C42H53F2N4O5.BrH/c1-4-6-21-53-37-27-34(26-36(28-37)51-3)47-30-39(42(50)46(5-2)33-24-31(43)23-32(44)25-33)41(49)38-13-12-35(29-40(38)47)52-22-11-9-7-8-10-17-48-18-14-45(15-19-48)16-20-48;/h12-13,23-30H,4-11,14-22H2,1-3H3;1H/q+1;/p-1. The van der Waals surface area contributed by atoms with E-state index in [0.29, 0.717) is 47.1 Å². The van der Waals surface area contributed by atoms with Crippen LogP contribution in [-0.2, 0) is 0 Å². The van der Waals surface area contributed by atoms with Gasteiger partial charge in [0.15, 0.2) is 0 Å². The average molecular weight is 812 g/mol. The molecule has 3 fully saturated rings. The van der Waals surface area contributed by atoms with Gasteiger partial charge in [-0.1, -0.05) is 26.2 Å². The molecule has 1 aromatic heterocycles. The number of fused-ring (bicyclic) bond motifs is 4. The number of piperazine rings is 3. The molecule has 3 aliphatic rings. The van der Waals surface area contributed by atoms with Crippen molar-refractivity contribution in [1.29, 1.82) is 0 Å². The van der Waals surface area contributed by atoms with Gasteiger partial charge in [0.25, 0.3) is 5.91 Å². The van der Waals surface area contributed by atoms with Crippen LogP contribution < -0.4 is 41.5 Å². The van der Waals surface area contributed by atoms with Crippen molar-refractivity contribution in [1.82, 2.24) is 9.47 Å². The molecule has 54 heavy (non-hydrogen) atoms. The Morgan fingerprint density at radius 2 is 1.44 bits per heavy atom. The predicted octanol–water partition coefficient (Wildman–Crippen LogP) is 4.60. The van der Waals surface area contributed by atoms with Gasteiger partial charge in [-0.05, 0) is 56.9 Å². The van der Waals surface area contributed by atoms with Crippen LogP contribution in [0.15, 0.2) is 65.6 Å². The van der Waals surface area contributed by atoms with Gasteiger partial charge in [0.05, 0.1) is 57.7 Å². The topological polar surface area (TPSA) is 73.2 Å². The third-order valence-electron chi connectivity index (χ3n) is 10.8. The Bertz CT molecular complexity index is 1910. The number of carbonyl (C=O) groups excluding carboxylic acids is 1. The molecule has 3 saturated heterocycles. The van der Waals surface area contributed by atoms with Crippen LogP contribution in [0.2, 0.25) is 0 Å². The lowest BCUT2D eigenvalue weighted by Crippen LogP contribution is -3.00. The smallest absolute Gasteiger partial charge is 0.263 e. The predicted molar refractivity (Wildman–Crippen MR) is 205 cm³/mol. The molecule has 0 radical (unpaired) electrons. The largest absolute Gasteiger partial charge is 1.00 e. The van der Waals surface area contributed by atoms with Gasteiger partial charge in [-0.25, -0.2) is 8.78 Å². The van der Waals surface area contributed by atoms with E-state index in [1.165, 1.54) is 80.7 Å². The zero-order chi connectivity index (χ0) is 37.4. The van der Waals surface area contributed by atoms with Crippen LogP contribution in [-0.4, -0.2) is 92.5 Å². The van der Waals surface area contributed by atoms with Crippen molar-refractivity contribution in [2.75, 3.05) is 77.6 Å². The van der Waals surface area contributed by atoms with Crippen LogP contribution in [0.5, 0.6) is 17.2 Å². The van der Waals surface area contributed by atoms with Crippen molar-refractivity contribution in [3.63, 3.8) is 0 Å². The van der Waals surface area contributed by atoms with E-state index in [9.17, 15) is 18.4 Å². The van der Waals surface area contributed by atoms with Crippen LogP contribution in [0.4, 0.5) is 14.5 Å². The molecule has 2 bridgehead atoms. The summed E-state index contributed by atoms with van der Waals surface area (Å²) in [5.74, 6) is -0.593. The first kappa shape index (κ1) is 41.2. The van der Waals surface area contributed by atoms with Crippen LogP contribution >= 0.6 is 0 Å². The Labute approximate surface area is 327 Å². The first-order valence-electron chi connectivity index (χ1n) is 19.2. The Hall–Kier alpha value is -4.00. The van der Waals surface area contributed by atoms with Crippen molar-refractivity contribution < 1.29 is 49.3 Å². The maximum Gasteiger partial charge on any atom is 0.263 e. The monoisotopic (exact) mass is 810 g/mol. The number of halogens is 3. The molecule has 0 saturated carbocycles. The molecule has 0 unspecified atom stereocenters. The molecule has 0 aliphatic carbocycles. The van der Waals surface area contributed by atoms with Crippen molar-refractivity contribution in [3.8, 4) is 22.9 Å². The molecule has 1 amide bonds. The van der Waals surface area contributed by atoms with Crippen LogP contribution in [0.3, 0.4) is 0 Å². The van der Waals surface area contributed by atoms with Gasteiger partial charge in [0, 0.05) is 73.8 Å². The van der Waals surface area contributed by atoms with E-state index < -0.39 is 23.0 Å². The van der Waals surface area contributed by atoms with E-state index in [4.69, 9.17) is 14.2 Å². The van der Waals surface area contributed by atoms with Crippen LogP contribution in [0.1, 0.15) is 69.2 Å². The fourth-order valence-electron chi connectivity index (χ4n) is 7.61. The van der Waals surface area contributed by atoms with Gasteiger partial charge < -0.3 is 45.1 Å². The summed E-state index contributed by atoms with van der Waals surface area (Å²) >= 11 is 0. The lowest BCUT2D eigenvalue weighted by atomic mass is 10.1. The fraction of sp³-hybridized carbons (Fsp3) is 0.476. The summed E-state index contributed by atoms with van der Waals surface area (Å²) in [6.45, 7) is 13.9. The number of hydrogen-bond acceptors (Lipinski definition) is 6. The summed E-state index contributed by atoms with van der Waals surface area (Å²) in [6, 6.07) is 13.6. The second-order valence-corrected chi connectivity index (χ2v) is 14.4. The quantitative estimate of drug-likeness (QED) is 0.108. The van der Waals surface area contributed by atoms with E-state index >= 15 is 0 Å². The number of benzene rings is 3. The normalized spacial score (nSPS) is 17.6. The van der Waals surface area contributed by atoms with E-state index in [1.54, 1.807) is 42.9 Å². The number of hydrogen-bond donors (Lipinski definition) is 0. The molecule has 9 nitrogen and oxygen atoms in total. The average Bonchev–Trinajstić information content (AvgIpc) is 3.16. The minimum absolute atomic E-state index is 0. The summed E-state index contributed by atoms with van der Waals surface area (Å²) in [7, 11) is 1.56. The summed E-state index contributed by atoms with van der Waals surface area (Å²) in [5.41, 5.74) is 0.501. The van der Waals surface area contributed by atoms with Crippen molar-refractivity contribution >= 4 is 22.5 Å². The highest BCUT2D eigenvalue weighted by Crippen LogP contribution is 2.30. The van der Waals surface area contributed by atoms with Gasteiger partial charge in [-0.3, -0.25) is 14.5 Å². The second-order valence-electron chi connectivity index (χ2n) is 14.4. The van der Waals surface area contributed by atoms with Crippen molar-refractivity contribution in [2.45, 2.75) is 58.8 Å². The van der Waals surface area contributed by atoms with Gasteiger partial charge in [-0.15, -0.1) is 0 Å². The number of methoxy groups -OCH3 is 1. The van der Waals surface area contributed by atoms with Crippen LogP contribution in [0.25, 0.3) is 16.6 Å². The van der Waals surface area contributed by atoms with E-state index in [0.717, 1.165) is 43.9 Å².